The Kier molecular flexibility index (Phi) is 5.81. The van der Waals surface area contributed by atoms with E-state index in [2.05, 4.69) is 5.32 Å². The number of rotatable bonds is 7. The number of anilines is 1. The third kappa shape index (κ3) is 4.59. The highest BCUT2D eigenvalue weighted by Gasteiger charge is 2.12. The lowest BCUT2D eigenvalue weighted by Gasteiger charge is -2.09. The number of aromatic carboxylic acids is 1. The number of carbonyl (C=O) groups excluding carboxylic acids is 1. The Morgan fingerprint density at radius 3 is 2.68 bits per heavy atom. The van der Waals surface area contributed by atoms with Gasteiger partial charge in [-0.25, -0.2) is 4.79 Å². The number of nitrogens with one attached hydrogen (secondary N) is 1. The molecule has 6 heteroatoms. The maximum absolute atomic E-state index is 11.6. The smallest absolute Gasteiger partial charge is 0.339 e. The SMILES string of the molecule is COc1cc(NC(=O)CCCCN)ccc1C(=O)O. The molecule has 0 fully saturated rings. The molecule has 1 amide bonds. The summed E-state index contributed by atoms with van der Waals surface area (Å²) >= 11 is 0. The zero-order chi connectivity index (χ0) is 14.3. The fourth-order valence-corrected chi connectivity index (χ4v) is 1.60. The largest absolute Gasteiger partial charge is 0.496 e. The normalized spacial score (nSPS) is 10.0. The van der Waals surface area contributed by atoms with Crippen LogP contribution in [0.2, 0.25) is 0 Å². The van der Waals surface area contributed by atoms with E-state index in [1.54, 1.807) is 0 Å². The van der Waals surface area contributed by atoms with Crippen LogP contribution in [-0.4, -0.2) is 30.6 Å². The van der Waals surface area contributed by atoms with Gasteiger partial charge in [-0.15, -0.1) is 0 Å². The van der Waals surface area contributed by atoms with Gasteiger partial charge in [0.15, 0.2) is 0 Å². The van der Waals surface area contributed by atoms with E-state index < -0.39 is 5.97 Å². The molecule has 6 nitrogen and oxygen atoms in total. The Labute approximate surface area is 111 Å². The lowest BCUT2D eigenvalue weighted by Crippen LogP contribution is -2.12. The lowest BCUT2D eigenvalue weighted by molar-refractivity contribution is -0.116. The van der Waals surface area contributed by atoms with E-state index in [1.807, 2.05) is 0 Å². The molecule has 0 bridgehead atoms. The first-order valence-electron chi connectivity index (χ1n) is 5.99. The second kappa shape index (κ2) is 7.38. The number of hydrogen-bond acceptors (Lipinski definition) is 4. The Morgan fingerprint density at radius 1 is 1.37 bits per heavy atom. The standard InChI is InChI=1S/C13H18N2O4/c1-19-11-8-9(5-6-10(11)13(17)18)15-12(16)4-2-3-7-14/h5-6,8H,2-4,7,14H2,1H3,(H,15,16)(H,17,18). The van der Waals surface area contributed by atoms with E-state index in [1.165, 1.54) is 25.3 Å². The third-order valence-corrected chi connectivity index (χ3v) is 2.57. The van der Waals surface area contributed by atoms with E-state index in [0.717, 1.165) is 12.8 Å². The molecular formula is C13H18N2O4. The average molecular weight is 266 g/mol. The van der Waals surface area contributed by atoms with Gasteiger partial charge >= 0.3 is 5.97 Å². The van der Waals surface area contributed by atoms with Crippen molar-refractivity contribution in [1.29, 1.82) is 0 Å². The molecule has 1 aromatic rings. The maximum Gasteiger partial charge on any atom is 0.339 e. The van der Waals surface area contributed by atoms with E-state index in [9.17, 15) is 9.59 Å². The highest BCUT2D eigenvalue weighted by atomic mass is 16.5. The van der Waals surface area contributed by atoms with Crippen LogP contribution in [0, 0.1) is 0 Å². The van der Waals surface area contributed by atoms with Gasteiger partial charge in [-0.2, -0.15) is 0 Å². The highest BCUT2D eigenvalue weighted by Crippen LogP contribution is 2.23. The number of carboxylic acid groups (broad SMARTS) is 1. The van der Waals surface area contributed by atoms with E-state index in [0.29, 0.717) is 18.7 Å². The summed E-state index contributed by atoms with van der Waals surface area (Å²) in [6, 6.07) is 4.42. The minimum Gasteiger partial charge on any atom is -0.496 e. The predicted molar refractivity (Wildman–Crippen MR) is 71.5 cm³/mol. The fraction of sp³-hybridized carbons (Fsp3) is 0.385. The van der Waals surface area contributed by atoms with Crippen LogP contribution in [0.5, 0.6) is 5.75 Å². The van der Waals surface area contributed by atoms with Crippen molar-refractivity contribution in [1.82, 2.24) is 0 Å². The van der Waals surface area contributed by atoms with Crippen LogP contribution in [0.3, 0.4) is 0 Å². The van der Waals surface area contributed by atoms with E-state index >= 15 is 0 Å². The first-order valence-corrected chi connectivity index (χ1v) is 5.99. The number of amides is 1. The monoisotopic (exact) mass is 266 g/mol. The van der Waals surface area contributed by atoms with Crippen LogP contribution >= 0.6 is 0 Å². The van der Waals surface area contributed by atoms with Gasteiger partial charge in [-0.3, -0.25) is 4.79 Å². The average Bonchev–Trinajstić information content (AvgIpc) is 2.38. The van der Waals surface area contributed by atoms with Crippen molar-refractivity contribution >= 4 is 17.6 Å². The Morgan fingerprint density at radius 2 is 2.11 bits per heavy atom. The van der Waals surface area contributed by atoms with Crippen LogP contribution in [0.15, 0.2) is 18.2 Å². The molecule has 0 saturated carbocycles. The summed E-state index contributed by atoms with van der Waals surface area (Å²) in [7, 11) is 1.38. The van der Waals surface area contributed by atoms with Gasteiger partial charge in [0, 0.05) is 18.2 Å². The molecular weight excluding hydrogens is 248 g/mol. The van der Waals surface area contributed by atoms with E-state index in [4.69, 9.17) is 15.6 Å². The molecule has 0 heterocycles. The minimum absolute atomic E-state index is 0.0589. The molecule has 0 aromatic heterocycles. The van der Waals surface area contributed by atoms with Crippen molar-refractivity contribution in [2.45, 2.75) is 19.3 Å². The third-order valence-electron chi connectivity index (χ3n) is 2.57. The lowest BCUT2D eigenvalue weighted by atomic mass is 10.1. The van der Waals surface area contributed by atoms with Crippen LogP contribution in [0.1, 0.15) is 29.6 Å². The van der Waals surface area contributed by atoms with Gasteiger partial charge in [-0.05, 0) is 31.5 Å². The van der Waals surface area contributed by atoms with Crippen molar-refractivity contribution in [3.05, 3.63) is 23.8 Å². The minimum atomic E-state index is -1.07. The summed E-state index contributed by atoms with van der Waals surface area (Å²) in [5.74, 6) is -0.983. The predicted octanol–water partition coefficient (Wildman–Crippen LogP) is 1.46. The summed E-state index contributed by atoms with van der Waals surface area (Å²) in [4.78, 5) is 22.5. The highest BCUT2D eigenvalue weighted by molar-refractivity contribution is 5.94. The summed E-state index contributed by atoms with van der Waals surface area (Å²) in [5, 5.41) is 11.6. The molecule has 0 spiro atoms. The molecule has 0 aliphatic rings. The Hall–Kier alpha value is -2.08. The first-order chi connectivity index (χ1) is 9.08. The quantitative estimate of drug-likeness (QED) is 0.648. The number of carboxylic acids is 1. The van der Waals surface area contributed by atoms with Gasteiger partial charge in [0.25, 0.3) is 0 Å². The second-order valence-electron chi connectivity index (χ2n) is 4.01. The summed E-state index contributed by atoms with van der Waals surface area (Å²) in [6.07, 6.45) is 1.92. The zero-order valence-corrected chi connectivity index (χ0v) is 10.8. The second-order valence-corrected chi connectivity index (χ2v) is 4.01. The molecule has 0 aliphatic carbocycles. The molecule has 0 radical (unpaired) electrons. The number of nitrogens with two attached hydrogens (primary N) is 1. The Bertz CT molecular complexity index is 460. The zero-order valence-electron chi connectivity index (χ0n) is 10.8. The van der Waals surface area contributed by atoms with Crippen molar-refractivity contribution in [2.24, 2.45) is 5.73 Å². The fourth-order valence-electron chi connectivity index (χ4n) is 1.60. The van der Waals surface area contributed by atoms with Crippen LogP contribution in [0.25, 0.3) is 0 Å². The number of ether oxygens (including phenoxy) is 1. The van der Waals surface area contributed by atoms with Crippen LogP contribution in [-0.2, 0) is 4.79 Å². The molecule has 0 aliphatic heterocycles. The van der Waals surface area contributed by atoms with Gasteiger partial charge in [0.1, 0.15) is 11.3 Å². The molecule has 0 saturated heterocycles. The summed E-state index contributed by atoms with van der Waals surface area (Å²) in [6.45, 7) is 0.564. The molecule has 19 heavy (non-hydrogen) atoms. The maximum atomic E-state index is 11.6. The molecule has 104 valence electrons. The first kappa shape index (κ1) is 15.0. The molecule has 0 atom stereocenters. The van der Waals surface area contributed by atoms with Crippen molar-refractivity contribution < 1.29 is 19.4 Å². The molecule has 1 aromatic carbocycles. The van der Waals surface area contributed by atoms with Crippen LogP contribution < -0.4 is 15.8 Å². The van der Waals surface area contributed by atoms with Gasteiger partial charge in [0.05, 0.1) is 7.11 Å². The number of benzene rings is 1. The number of hydrogen-bond donors (Lipinski definition) is 3. The Balaban J connectivity index is 2.69. The van der Waals surface area contributed by atoms with Crippen molar-refractivity contribution in [3.8, 4) is 5.75 Å². The number of methoxy groups -OCH3 is 1. The van der Waals surface area contributed by atoms with Gasteiger partial charge in [0.2, 0.25) is 5.91 Å². The van der Waals surface area contributed by atoms with Gasteiger partial charge < -0.3 is 20.9 Å². The molecule has 1 rings (SSSR count). The number of unbranched alkanes of at least 4 members (excludes halogenated alkanes) is 1. The molecule has 4 N–H and O–H groups in total. The van der Waals surface area contributed by atoms with Gasteiger partial charge in [-0.1, -0.05) is 0 Å². The van der Waals surface area contributed by atoms with Crippen LogP contribution in [0.4, 0.5) is 5.69 Å². The molecule has 0 unspecified atom stereocenters. The number of carbonyl (C=O) groups is 2. The summed E-state index contributed by atoms with van der Waals surface area (Å²) in [5.41, 5.74) is 5.92. The topological polar surface area (TPSA) is 102 Å². The van der Waals surface area contributed by atoms with Crippen molar-refractivity contribution in [3.63, 3.8) is 0 Å². The summed E-state index contributed by atoms with van der Waals surface area (Å²) < 4.78 is 4.98. The van der Waals surface area contributed by atoms with E-state index in [-0.39, 0.29) is 17.2 Å². The van der Waals surface area contributed by atoms with Crippen molar-refractivity contribution in [2.75, 3.05) is 19.0 Å².